The number of morpholine rings is 1. The number of piperidine rings is 1. The van der Waals surface area contributed by atoms with Crippen molar-refractivity contribution in [3.05, 3.63) is 78.1 Å². The summed E-state index contributed by atoms with van der Waals surface area (Å²) >= 11 is 0. The second kappa shape index (κ2) is 10.8. The summed E-state index contributed by atoms with van der Waals surface area (Å²) < 4.78 is 5.76. The molecule has 0 saturated carbocycles. The normalized spacial score (nSPS) is 21.7. The lowest BCUT2D eigenvalue weighted by atomic mass is 9.91. The van der Waals surface area contributed by atoms with Gasteiger partial charge in [0.1, 0.15) is 0 Å². The van der Waals surface area contributed by atoms with Crippen molar-refractivity contribution in [2.24, 2.45) is 5.92 Å². The van der Waals surface area contributed by atoms with Gasteiger partial charge in [-0.15, -0.1) is 0 Å². The van der Waals surface area contributed by atoms with Crippen LogP contribution in [-0.4, -0.2) is 57.6 Å². The molecule has 2 fully saturated rings. The first-order valence-electron chi connectivity index (χ1n) is 13.8. The molecule has 0 spiro atoms. The number of H-pyrrole nitrogens is 1. The third kappa shape index (κ3) is 5.27. The number of aliphatic hydroxyl groups is 1. The molecule has 1 unspecified atom stereocenters. The van der Waals surface area contributed by atoms with E-state index in [1.54, 1.807) is 6.20 Å². The van der Waals surface area contributed by atoms with E-state index in [-0.39, 0.29) is 30.1 Å². The average molecular weight is 526 g/mol. The van der Waals surface area contributed by atoms with Gasteiger partial charge in [-0.25, -0.2) is 0 Å². The molecule has 2 aliphatic rings. The summed E-state index contributed by atoms with van der Waals surface area (Å²) in [6.07, 6.45) is 3.76. The maximum atomic E-state index is 13.4. The van der Waals surface area contributed by atoms with Crippen molar-refractivity contribution < 1.29 is 14.6 Å². The molecule has 0 aliphatic carbocycles. The molecule has 8 nitrogen and oxygen atoms in total. The highest BCUT2D eigenvalue weighted by Gasteiger charge is 2.38. The number of aromatic amines is 1. The van der Waals surface area contributed by atoms with E-state index in [9.17, 15) is 9.90 Å². The Bertz CT molecular complexity index is 1420. The van der Waals surface area contributed by atoms with Crippen LogP contribution < -0.4 is 10.2 Å². The Labute approximate surface area is 228 Å². The Morgan fingerprint density at radius 3 is 2.56 bits per heavy atom. The second-order valence-corrected chi connectivity index (χ2v) is 11.2. The lowest BCUT2D eigenvalue weighted by Crippen LogP contribution is -2.58. The summed E-state index contributed by atoms with van der Waals surface area (Å²) in [5, 5.41) is 22.0. The van der Waals surface area contributed by atoms with Crippen molar-refractivity contribution in [1.82, 2.24) is 20.5 Å². The van der Waals surface area contributed by atoms with E-state index >= 15 is 0 Å². The Morgan fingerprint density at radius 2 is 1.87 bits per heavy atom. The molecule has 4 aromatic rings. The van der Waals surface area contributed by atoms with Gasteiger partial charge in [0.25, 0.3) is 5.91 Å². The Balaban J connectivity index is 1.24. The van der Waals surface area contributed by atoms with Gasteiger partial charge in [0.05, 0.1) is 54.3 Å². The number of aromatic nitrogens is 3. The van der Waals surface area contributed by atoms with E-state index in [0.717, 1.165) is 52.8 Å². The third-order valence-corrected chi connectivity index (χ3v) is 7.82. The molecule has 1 amide bonds. The number of hydrogen-bond acceptors (Lipinski definition) is 6. The van der Waals surface area contributed by atoms with Crippen LogP contribution in [0.2, 0.25) is 0 Å². The van der Waals surface area contributed by atoms with E-state index in [1.807, 2.05) is 36.4 Å². The van der Waals surface area contributed by atoms with Crippen LogP contribution in [0.15, 0.2) is 66.9 Å². The molecule has 2 aromatic carbocycles. The summed E-state index contributed by atoms with van der Waals surface area (Å²) in [5.41, 5.74) is 5.26. The zero-order valence-corrected chi connectivity index (χ0v) is 22.4. The van der Waals surface area contributed by atoms with E-state index in [1.165, 1.54) is 0 Å². The number of amides is 1. The summed E-state index contributed by atoms with van der Waals surface area (Å²) in [6.45, 7) is 5.57. The lowest BCUT2D eigenvalue weighted by molar-refractivity contribution is 0.00124. The van der Waals surface area contributed by atoms with E-state index in [4.69, 9.17) is 4.74 Å². The highest BCUT2D eigenvalue weighted by molar-refractivity contribution is 6.01. The van der Waals surface area contributed by atoms with E-state index in [2.05, 4.69) is 63.5 Å². The number of benzene rings is 2. The minimum atomic E-state index is -0.258. The van der Waals surface area contributed by atoms with E-state index in [0.29, 0.717) is 24.7 Å². The molecule has 4 atom stereocenters. The van der Waals surface area contributed by atoms with Crippen LogP contribution >= 0.6 is 0 Å². The summed E-state index contributed by atoms with van der Waals surface area (Å²) in [7, 11) is 0. The topological polar surface area (TPSA) is 103 Å². The number of nitrogens with zero attached hydrogens (tertiary/aromatic N) is 3. The van der Waals surface area contributed by atoms with Gasteiger partial charge in [-0.05, 0) is 67.6 Å². The molecule has 202 valence electrons. The first-order chi connectivity index (χ1) is 19.0. The number of rotatable bonds is 7. The molecule has 2 aromatic heterocycles. The molecule has 2 aliphatic heterocycles. The van der Waals surface area contributed by atoms with Crippen LogP contribution in [0.3, 0.4) is 0 Å². The number of hydrogen-bond donors (Lipinski definition) is 3. The monoisotopic (exact) mass is 525 g/mol. The van der Waals surface area contributed by atoms with Crippen molar-refractivity contribution in [1.29, 1.82) is 0 Å². The summed E-state index contributed by atoms with van der Waals surface area (Å²) in [4.78, 5) is 20.2. The minimum Gasteiger partial charge on any atom is -0.393 e. The molecule has 4 heterocycles. The van der Waals surface area contributed by atoms with Crippen molar-refractivity contribution in [3.63, 3.8) is 0 Å². The van der Waals surface area contributed by atoms with Gasteiger partial charge in [0.2, 0.25) is 0 Å². The Morgan fingerprint density at radius 1 is 1.10 bits per heavy atom. The fraction of sp³-hybridized carbons (Fsp3) is 0.387. The van der Waals surface area contributed by atoms with Gasteiger partial charge in [0.15, 0.2) is 0 Å². The molecule has 2 saturated heterocycles. The number of carbonyl (C=O) groups excluding carboxylic acids is 1. The van der Waals surface area contributed by atoms with Crippen LogP contribution in [0, 0.1) is 5.92 Å². The largest absolute Gasteiger partial charge is 0.393 e. The van der Waals surface area contributed by atoms with Crippen LogP contribution in [-0.2, 0) is 4.74 Å². The number of ether oxygens (including phenoxy) is 1. The smallest absolute Gasteiger partial charge is 0.251 e. The van der Waals surface area contributed by atoms with Gasteiger partial charge in [-0.3, -0.25) is 14.9 Å². The van der Waals surface area contributed by atoms with Crippen LogP contribution in [0.4, 0.5) is 5.69 Å². The molecule has 6 rings (SSSR count). The first-order valence-corrected chi connectivity index (χ1v) is 13.8. The van der Waals surface area contributed by atoms with Gasteiger partial charge >= 0.3 is 0 Å². The van der Waals surface area contributed by atoms with Crippen molar-refractivity contribution >= 4 is 22.5 Å². The first kappa shape index (κ1) is 25.5. The molecule has 39 heavy (non-hydrogen) atoms. The molecular weight excluding hydrogens is 490 g/mol. The Kier molecular flexibility index (Phi) is 7.06. The van der Waals surface area contributed by atoms with E-state index < -0.39 is 0 Å². The summed E-state index contributed by atoms with van der Waals surface area (Å²) in [5.74, 6) is 0.280. The SMILES string of the molecule is CC(C)C[C@H](NC(=O)c1ccc2[nH]nc(-c3ccc(N4[C@@H]5COC[C@H]4CC(O)C5)cc3)c2c1)c1ccccn1. The quantitative estimate of drug-likeness (QED) is 0.318. The second-order valence-electron chi connectivity index (χ2n) is 11.2. The van der Waals surface area contributed by atoms with Crippen LogP contribution in [0.5, 0.6) is 0 Å². The van der Waals surface area contributed by atoms with Crippen molar-refractivity contribution in [2.45, 2.75) is 57.3 Å². The lowest BCUT2D eigenvalue weighted by Gasteiger charge is -2.48. The molecule has 2 bridgehead atoms. The fourth-order valence-electron chi connectivity index (χ4n) is 6.02. The average Bonchev–Trinajstić information content (AvgIpc) is 3.36. The van der Waals surface area contributed by atoms with Gasteiger partial charge in [-0.2, -0.15) is 5.10 Å². The molecule has 0 radical (unpaired) electrons. The summed E-state index contributed by atoms with van der Waals surface area (Å²) in [6, 6.07) is 20.1. The van der Waals surface area contributed by atoms with Gasteiger partial charge < -0.3 is 20.1 Å². The van der Waals surface area contributed by atoms with Crippen LogP contribution in [0.1, 0.15) is 55.2 Å². The number of aliphatic hydroxyl groups excluding tert-OH is 1. The maximum Gasteiger partial charge on any atom is 0.251 e. The third-order valence-electron chi connectivity index (χ3n) is 7.82. The molecule has 3 N–H and O–H groups in total. The predicted octanol–water partition coefficient (Wildman–Crippen LogP) is 4.87. The molecular formula is C31H35N5O3. The zero-order chi connectivity index (χ0) is 26.9. The number of nitrogens with one attached hydrogen (secondary N) is 2. The number of fused-ring (bicyclic) bond motifs is 3. The predicted molar refractivity (Wildman–Crippen MR) is 152 cm³/mol. The number of anilines is 1. The van der Waals surface area contributed by atoms with Crippen molar-refractivity contribution in [2.75, 3.05) is 18.1 Å². The van der Waals surface area contributed by atoms with Crippen molar-refractivity contribution in [3.8, 4) is 11.3 Å². The highest BCUT2D eigenvalue weighted by Crippen LogP contribution is 2.35. The number of carbonyl (C=O) groups is 1. The van der Waals surface area contributed by atoms with Gasteiger partial charge in [-0.1, -0.05) is 32.0 Å². The zero-order valence-electron chi connectivity index (χ0n) is 22.4. The maximum absolute atomic E-state index is 13.4. The minimum absolute atomic E-state index is 0.128. The number of pyridine rings is 1. The Hall–Kier alpha value is -3.75. The fourth-order valence-corrected chi connectivity index (χ4v) is 6.02. The highest BCUT2D eigenvalue weighted by atomic mass is 16.5. The molecule has 8 heteroatoms. The van der Waals surface area contributed by atoms with Gasteiger partial charge in [0, 0.05) is 28.4 Å². The van der Waals surface area contributed by atoms with Crippen LogP contribution in [0.25, 0.3) is 22.2 Å². The standard InChI is InChI=1S/C31H35N5O3/c1-19(2)13-29(28-5-3-4-12-32-28)33-31(38)21-8-11-27-26(14-21)30(35-34-27)20-6-9-22(10-7-20)36-23-15-25(37)16-24(36)18-39-17-23/h3-12,14,19,23-25,29,37H,13,15-18H2,1-2H3,(H,33,38)(H,34,35)/t23-,24+,25?,29-/m0/s1.